The first-order valence-corrected chi connectivity index (χ1v) is 9.70. The van der Waals surface area contributed by atoms with Crippen LogP contribution in [0.15, 0.2) is 79.1 Å². The van der Waals surface area contributed by atoms with Crippen molar-refractivity contribution in [3.63, 3.8) is 0 Å². The van der Waals surface area contributed by atoms with Crippen LogP contribution in [0.2, 0.25) is 0 Å². The molecular weight excluding hydrogens is 348 g/mol. The van der Waals surface area contributed by atoms with Gasteiger partial charge in [-0.05, 0) is 23.8 Å². The van der Waals surface area contributed by atoms with E-state index >= 15 is 0 Å². The molecule has 2 aromatic heterocycles. The Bertz CT molecular complexity index is 1140. The molecule has 2 heterocycles. The highest BCUT2D eigenvalue weighted by Crippen LogP contribution is 2.27. The molecule has 0 aliphatic heterocycles. The van der Waals surface area contributed by atoms with Gasteiger partial charge in [0.1, 0.15) is 5.82 Å². The van der Waals surface area contributed by atoms with Crippen LogP contribution < -0.4 is 4.72 Å². The Hall–Kier alpha value is -3.19. The zero-order valence-corrected chi connectivity index (χ0v) is 14.6. The van der Waals surface area contributed by atoms with Crippen LogP contribution in [-0.4, -0.2) is 23.0 Å². The number of hydrogen-bond acceptors (Lipinski definition) is 4. The minimum absolute atomic E-state index is 0.106. The van der Waals surface area contributed by atoms with Crippen LogP contribution in [0.3, 0.4) is 0 Å². The first-order valence-electron chi connectivity index (χ1n) is 8.05. The highest BCUT2D eigenvalue weighted by atomic mass is 32.2. The third kappa shape index (κ3) is 3.29. The second kappa shape index (κ2) is 6.61. The number of aromatic nitrogens is 3. The van der Waals surface area contributed by atoms with E-state index in [0.717, 1.165) is 16.5 Å². The predicted molar refractivity (Wildman–Crippen MR) is 102 cm³/mol. The van der Waals surface area contributed by atoms with Crippen LogP contribution >= 0.6 is 0 Å². The monoisotopic (exact) mass is 364 g/mol. The lowest BCUT2D eigenvalue weighted by Crippen LogP contribution is -2.17. The second-order valence-corrected chi connectivity index (χ2v) is 7.54. The third-order valence-electron chi connectivity index (χ3n) is 3.92. The highest BCUT2D eigenvalue weighted by Gasteiger charge is 2.18. The van der Waals surface area contributed by atoms with Crippen molar-refractivity contribution >= 4 is 26.7 Å². The summed E-state index contributed by atoms with van der Waals surface area (Å²) in [5.74, 6) is 0.713. The van der Waals surface area contributed by atoms with Crippen LogP contribution in [0.1, 0.15) is 5.56 Å². The molecule has 0 spiro atoms. The lowest BCUT2D eigenvalue weighted by molar-refractivity contribution is 0.600. The molecule has 26 heavy (non-hydrogen) atoms. The van der Waals surface area contributed by atoms with Crippen LogP contribution in [0.25, 0.3) is 16.9 Å². The number of rotatable bonds is 5. The Kier molecular flexibility index (Phi) is 4.14. The van der Waals surface area contributed by atoms with E-state index in [2.05, 4.69) is 14.7 Å². The molecule has 2 aromatic carbocycles. The first-order chi connectivity index (χ1) is 12.6. The third-order valence-corrected chi connectivity index (χ3v) is 5.16. The van der Waals surface area contributed by atoms with Gasteiger partial charge in [0.2, 0.25) is 16.0 Å². The van der Waals surface area contributed by atoms with Crippen LogP contribution in [0, 0.1) is 0 Å². The fourth-order valence-electron chi connectivity index (χ4n) is 2.84. The van der Waals surface area contributed by atoms with Crippen molar-refractivity contribution in [1.82, 2.24) is 14.5 Å². The molecule has 130 valence electrons. The van der Waals surface area contributed by atoms with Crippen LogP contribution in [0.5, 0.6) is 0 Å². The average molecular weight is 364 g/mol. The predicted octanol–water partition coefficient (Wildman–Crippen LogP) is 3.36. The summed E-state index contributed by atoms with van der Waals surface area (Å²) < 4.78 is 29.7. The van der Waals surface area contributed by atoms with Crippen molar-refractivity contribution < 1.29 is 8.42 Å². The van der Waals surface area contributed by atoms with E-state index in [1.807, 2.05) is 42.5 Å². The molecule has 0 bridgehead atoms. The van der Waals surface area contributed by atoms with E-state index in [-0.39, 0.29) is 5.75 Å². The van der Waals surface area contributed by atoms with Crippen molar-refractivity contribution in [2.75, 3.05) is 4.72 Å². The van der Waals surface area contributed by atoms with Crippen molar-refractivity contribution in [3.8, 4) is 5.95 Å². The van der Waals surface area contributed by atoms with Gasteiger partial charge in [0.05, 0.1) is 11.3 Å². The van der Waals surface area contributed by atoms with Gasteiger partial charge in [-0.3, -0.25) is 9.29 Å². The maximum atomic E-state index is 12.7. The number of para-hydroxylation sites is 1. The number of hydrogen-bond donors (Lipinski definition) is 1. The zero-order chi connectivity index (χ0) is 18.0. The molecule has 0 fully saturated rings. The van der Waals surface area contributed by atoms with Crippen LogP contribution in [-0.2, 0) is 15.8 Å². The summed E-state index contributed by atoms with van der Waals surface area (Å²) in [7, 11) is -3.59. The zero-order valence-electron chi connectivity index (χ0n) is 13.8. The molecule has 0 atom stereocenters. The van der Waals surface area contributed by atoms with Crippen molar-refractivity contribution in [2.45, 2.75) is 5.75 Å². The van der Waals surface area contributed by atoms with Crippen molar-refractivity contribution in [3.05, 3.63) is 84.7 Å². The lowest BCUT2D eigenvalue weighted by Gasteiger charge is -2.11. The van der Waals surface area contributed by atoms with E-state index < -0.39 is 10.0 Å². The van der Waals surface area contributed by atoms with Gasteiger partial charge < -0.3 is 0 Å². The summed E-state index contributed by atoms with van der Waals surface area (Å²) in [5, 5.41) is 0.900. The maximum Gasteiger partial charge on any atom is 0.238 e. The van der Waals surface area contributed by atoms with Crippen LogP contribution in [0.4, 0.5) is 5.82 Å². The Morgan fingerprint density at radius 2 is 1.58 bits per heavy atom. The Balaban J connectivity index is 1.77. The van der Waals surface area contributed by atoms with Gasteiger partial charge >= 0.3 is 0 Å². The van der Waals surface area contributed by atoms with Crippen molar-refractivity contribution in [1.29, 1.82) is 0 Å². The Morgan fingerprint density at radius 1 is 0.885 bits per heavy atom. The number of fused-ring (bicyclic) bond motifs is 1. The standard InChI is InChI=1S/C19H16N4O2S/c24-26(25,14-15-7-2-1-3-8-15)22-18-13-16-9-4-5-10-17(16)23(18)19-20-11-6-12-21-19/h1-13,22H,14H2. The number of sulfonamides is 1. The maximum absolute atomic E-state index is 12.7. The molecule has 4 rings (SSSR count). The fraction of sp³-hybridized carbons (Fsp3) is 0.0526. The normalized spacial score (nSPS) is 11.5. The molecule has 1 N–H and O–H groups in total. The van der Waals surface area contributed by atoms with E-state index in [9.17, 15) is 8.42 Å². The van der Waals surface area contributed by atoms with Gasteiger partial charge in [-0.15, -0.1) is 0 Å². The topological polar surface area (TPSA) is 76.9 Å². The lowest BCUT2D eigenvalue weighted by atomic mass is 10.2. The summed E-state index contributed by atoms with van der Waals surface area (Å²) in [6.07, 6.45) is 3.25. The minimum atomic E-state index is -3.59. The summed E-state index contributed by atoms with van der Waals surface area (Å²) in [6, 6.07) is 20.2. The van der Waals surface area contributed by atoms with Gasteiger partial charge in [-0.25, -0.2) is 18.4 Å². The summed E-state index contributed by atoms with van der Waals surface area (Å²) in [6.45, 7) is 0. The molecule has 0 radical (unpaired) electrons. The SMILES string of the molecule is O=S(=O)(Cc1ccccc1)Nc1cc2ccccc2n1-c1ncccn1. The van der Waals surface area contributed by atoms with Gasteiger partial charge in [0, 0.05) is 17.8 Å². The molecule has 0 aliphatic rings. The molecule has 7 heteroatoms. The highest BCUT2D eigenvalue weighted by molar-refractivity contribution is 7.91. The summed E-state index contributed by atoms with van der Waals surface area (Å²) in [4.78, 5) is 8.53. The molecular formula is C19H16N4O2S. The average Bonchev–Trinajstić information content (AvgIpc) is 2.99. The molecule has 6 nitrogen and oxygen atoms in total. The summed E-state index contributed by atoms with van der Waals surface area (Å²) >= 11 is 0. The summed E-state index contributed by atoms with van der Waals surface area (Å²) in [5.41, 5.74) is 1.55. The number of benzene rings is 2. The second-order valence-electron chi connectivity index (χ2n) is 5.82. The Labute approximate surface area is 151 Å². The van der Waals surface area contributed by atoms with E-state index in [0.29, 0.717) is 11.8 Å². The minimum Gasteiger partial charge on any atom is -0.268 e. The smallest absolute Gasteiger partial charge is 0.238 e. The van der Waals surface area contributed by atoms with E-state index in [1.165, 1.54) is 0 Å². The molecule has 0 unspecified atom stereocenters. The number of anilines is 1. The van der Waals surface area contributed by atoms with E-state index in [1.54, 1.807) is 41.2 Å². The molecule has 0 saturated carbocycles. The molecule has 4 aromatic rings. The van der Waals surface area contributed by atoms with E-state index in [4.69, 9.17) is 0 Å². The number of nitrogens with one attached hydrogen (secondary N) is 1. The van der Waals surface area contributed by atoms with Gasteiger partial charge in [-0.2, -0.15) is 0 Å². The molecule has 0 aliphatic carbocycles. The Morgan fingerprint density at radius 3 is 2.35 bits per heavy atom. The number of nitrogens with zero attached hydrogens (tertiary/aromatic N) is 3. The van der Waals surface area contributed by atoms with Gasteiger partial charge in [0.15, 0.2) is 0 Å². The fourth-order valence-corrected chi connectivity index (χ4v) is 4.01. The molecule has 0 saturated heterocycles. The first kappa shape index (κ1) is 16.3. The largest absolute Gasteiger partial charge is 0.268 e. The van der Waals surface area contributed by atoms with Gasteiger partial charge in [0.25, 0.3) is 0 Å². The molecule has 0 amide bonds. The van der Waals surface area contributed by atoms with Crippen molar-refractivity contribution in [2.24, 2.45) is 0 Å². The van der Waals surface area contributed by atoms with Gasteiger partial charge in [-0.1, -0.05) is 48.5 Å². The quantitative estimate of drug-likeness (QED) is 0.589.